The maximum atomic E-state index is 8.58. The van der Waals surface area contributed by atoms with E-state index in [1.165, 1.54) is 7.11 Å². The van der Waals surface area contributed by atoms with Gasteiger partial charge in [0.15, 0.2) is 0 Å². The first-order chi connectivity index (χ1) is 3.66. The Kier molecular flexibility index (Phi) is 3.86. The molecule has 0 aromatic rings. The summed E-state index contributed by atoms with van der Waals surface area (Å²) in [5, 5.41) is 8.58. The third kappa shape index (κ3) is 4.11. The first-order valence-corrected chi connectivity index (χ1v) is 2.53. The van der Waals surface area contributed by atoms with E-state index < -0.39 is 7.32 Å². The van der Waals surface area contributed by atoms with Crippen molar-refractivity contribution in [3.8, 4) is 0 Å². The molecule has 0 fully saturated rings. The first kappa shape index (κ1) is 7.94. The van der Waals surface area contributed by atoms with Crippen LogP contribution in [-0.4, -0.2) is 25.6 Å². The lowest BCUT2D eigenvalue weighted by molar-refractivity contribution is 0.122. The van der Waals surface area contributed by atoms with Gasteiger partial charge in [-0.25, -0.2) is 0 Å². The molecule has 0 unspecified atom stereocenters. The van der Waals surface area contributed by atoms with Crippen molar-refractivity contribution in [2.75, 3.05) is 7.11 Å². The van der Waals surface area contributed by atoms with Gasteiger partial charge in [0.2, 0.25) is 0 Å². The fourth-order valence-corrected chi connectivity index (χ4v) is 0.288. The molecule has 1 N–H and O–H groups in total. The van der Waals surface area contributed by atoms with Gasteiger partial charge in [0.05, 0.1) is 0 Å². The highest BCUT2D eigenvalue weighted by Gasteiger charge is 2.13. The molecule has 4 heteroatoms. The number of hydrogen-bond donors (Lipinski definition) is 1. The maximum Gasteiger partial charge on any atom is 0.636 e. The Balaban J connectivity index is 3.10. The van der Waals surface area contributed by atoms with Gasteiger partial charge in [0, 0.05) is 13.2 Å². The smallest absolute Gasteiger partial charge is 0.402 e. The molecule has 0 saturated heterocycles. The van der Waals surface area contributed by atoms with E-state index in [4.69, 9.17) is 9.68 Å². The molecule has 0 bridgehead atoms. The van der Waals surface area contributed by atoms with E-state index in [-0.39, 0.29) is 6.10 Å². The molecule has 0 heterocycles. The number of rotatable bonds is 3. The minimum Gasteiger partial charge on any atom is -0.402 e. The van der Waals surface area contributed by atoms with Crippen molar-refractivity contribution in [3.63, 3.8) is 0 Å². The van der Waals surface area contributed by atoms with Gasteiger partial charge in [0.25, 0.3) is 0 Å². The van der Waals surface area contributed by atoms with E-state index in [0.29, 0.717) is 0 Å². The van der Waals surface area contributed by atoms with Crippen LogP contribution < -0.4 is 0 Å². The second-order valence-electron chi connectivity index (χ2n) is 1.73. The van der Waals surface area contributed by atoms with Crippen LogP contribution in [0.15, 0.2) is 0 Å². The van der Waals surface area contributed by atoms with E-state index in [9.17, 15) is 0 Å². The summed E-state index contributed by atoms with van der Waals surface area (Å²) in [6.45, 7) is 3.64. The summed E-state index contributed by atoms with van der Waals surface area (Å²) in [6, 6.07) is 0. The van der Waals surface area contributed by atoms with Gasteiger partial charge in [-0.2, -0.15) is 0 Å². The SMILES string of the molecule is COB(O)OC(C)C. The quantitative estimate of drug-likeness (QED) is 0.531. The third-order valence-electron chi connectivity index (χ3n) is 0.590. The Morgan fingerprint density at radius 1 is 1.50 bits per heavy atom. The Morgan fingerprint density at radius 3 is 2.12 bits per heavy atom. The number of hydrogen-bond acceptors (Lipinski definition) is 3. The molecule has 0 aromatic heterocycles. The van der Waals surface area contributed by atoms with Crippen molar-refractivity contribution < 1.29 is 14.3 Å². The lowest BCUT2D eigenvalue weighted by atomic mass is 10.2. The lowest BCUT2D eigenvalue weighted by Gasteiger charge is -2.07. The minimum absolute atomic E-state index is 0.00458. The molecule has 0 spiro atoms. The van der Waals surface area contributed by atoms with Crippen molar-refractivity contribution in [2.45, 2.75) is 20.0 Å². The average Bonchev–Trinajstić information content (AvgIpc) is 1.65. The largest absolute Gasteiger partial charge is 0.636 e. The molecule has 8 heavy (non-hydrogen) atoms. The van der Waals surface area contributed by atoms with Crippen LogP contribution in [-0.2, 0) is 9.31 Å². The fraction of sp³-hybridized carbons (Fsp3) is 1.00. The van der Waals surface area contributed by atoms with Crippen LogP contribution in [0.2, 0.25) is 0 Å². The zero-order valence-electron chi connectivity index (χ0n) is 5.42. The van der Waals surface area contributed by atoms with Gasteiger partial charge >= 0.3 is 7.32 Å². The minimum atomic E-state index is -1.07. The van der Waals surface area contributed by atoms with Crippen LogP contribution in [0.1, 0.15) is 13.8 Å². The van der Waals surface area contributed by atoms with Crippen LogP contribution in [0.4, 0.5) is 0 Å². The monoisotopic (exact) mass is 118 g/mol. The highest BCUT2D eigenvalue weighted by molar-refractivity contribution is 6.34. The normalized spacial score (nSPS) is 10.1. The predicted molar refractivity (Wildman–Crippen MR) is 31.2 cm³/mol. The summed E-state index contributed by atoms with van der Waals surface area (Å²) in [4.78, 5) is 0. The van der Waals surface area contributed by atoms with Gasteiger partial charge < -0.3 is 14.3 Å². The molecule has 0 aliphatic heterocycles. The Bertz CT molecular complexity index is 57.2. The van der Waals surface area contributed by atoms with Crippen LogP contribution in [0.5, 0.6) is 0 Å². The van der Waals surface area contributed by atoms with Crippen LogP contribution in [0.3, 0.4) is 0 Å². The van der Waals surface area contributed by atoms with Gasteiger partial charge in [-0.1, -0.05) is 0 Å². The summed E-state index contributed by atoms with van der Waals surface area (Å²) in [7, 11) is 0.308. The summed E-state index contributed by atoms with van der Waals surface area (Å²) in [6.07, 6.45) is 0.00458. The van der Waals surface area contributed by atoms with Crippen LogP contribution in [0, 0.1) is 0 Å². The molecule has 0 aliphatic carbocycles. The van der Waals surface area contributed by atoms with Crippen molar-refractivity contribution >= 4 is 7.32 Å². The standard InChI is InChI=1S/C4H11BO3/c1-4(2)8-5(6)7-3/h4,6H,1-3H3. The van der Waals surface area contributed by atoms with E-state index in [1.807, 2.05) is 13.8 Å². The molecule has 0 amide bonds. The summed E-state index contributed by atoms with van der Waals surface area (Å²) in [5.74, 6) is 0. The van der Waals surface area contributed by atoms with Crippen molar-refractivity contribution in [1.29, 1.82) is 0 Å². The lowest BCUT2D eigenvalue weighted by Crippen LogP contribution is -2.24. The molecule has 0 atom stereocenters. The van der Waals surface area contributed by atoms with E-state index in [0.717, 1.165) is 0 Å². The van der Waals surface area contributed by atoms with Gasteiger partial charge in [-0.05, 0) is 13.8 Å². The maximum absolute atomic E-state index is 8.58. The van der Waals surface area contributed by atoms with Crippen molar-refractivity contribution in [3.05, 3.63) is 0 Å². The van der Waals surface area contributed by atoms with Crippen LogP contribution in [0.25, 0.3) is 0 Å². The highest BCUT2D eigenvalue weighted by atomic mass is 16.7. The molecular weight excluding hydrogens is 107 g/mol. The molecule has 0 aromatic carbocycles. The van der Waals surface area contributed by atoms with Gasteiger partial charge in [-0.15, -0.1) is 0 Å². The first-order valence-electron chi connectivity index (χ1n) is 2.53. The zero-order chi connectivity index (χ0) is 6.57. The zero-order valence-corrected chi connectivity index (χ0v) is 5.42. The molecule has 3 nitrogen and oxygen atoms in total. The van der Waals surface area contributed by atoms with Crippen molar-refractivity contribution in [1.82, 2.24) is 0 Å². The van der Waals surface area contributed by atoms with Crippen LogP contribution >= 0.6 is 0 Å². The van der Waals surface area contributed by atoms with Gasteiger partial charge in [0.1, 0.15) is 0 Å². The van der Waals surface area contributed by atoms with Crippen molar-refractivity contribution in [2.24, 2.45) is 0 Å². The third-order valence-corrected chi connectivity index (χ3v) is 0.590. The molecule has 48 valence electrons. The Hall–Kier alpha value is -0.0551. The fourth-order valence-electron chi connectivity index (χ4n) is 0.288. The second kappa shape index (κ2) is 3.89. The van der Waals surface area contributed by atoms with E-state index >= 15 is 0 Å². The van der Waals surface area contributed by atoms with E-state index in [2.05, 4.69) is 4.65 Å². The second-order valence-corrected chi connectivity index (χ2v) is 1.73. The van der Waals surface area contributed by atoms with E-state index in [1.54, 1.807) is 0 Å². The van der Waals surface area contributed by atoms with Gasteiger partial charge in [-0.3, -0.25) is 0 Å². The molecule has 0 radical (unpaired) electrons. The predicted octanol–water partition coefficient (Wildman–Crippen LogP) is 0.0350. The summed E-state index contributed by atoms with van der Waals surface area (Å²) in [5.41, 5.74) is 0. The molecule has 0 rings (SSSR count). The topological polar surface area (TPSA) is 38.7 Å². The average molecular weight is 118 g/mol. The summed E-state index contributed by atoms with van der Waals surface area (Å²) < 4.78 is 9.13. The summed E-state index contributed by atoms with van der Waals surface area (Å²) >= 11 is 0. The Labute approximate surface area is 49.8 Å². The molecule has 0 saturated carbocycles. The highest BCUT2D eigenvalue weighted by Crippen LogP contribution is 1.89. The molecule has 0 aliphatic rings. The Morgan fingerprint density at radius 2 is 2.00 bits per heavy atom. The molecular formula is C4H11BO3.